The molecule has 3 rings (SSSR count). The summed E-state index contributed by atoms with van der Waals surface area (Å²) >= 11 is 0. The number of anilines is 1. The highest BCUT2D eigenvalue weighted by molar-refractivity contribution is 5.92. The van der Waals surface area contributed by atoms with Crippen molar-refractivity contribution in [2.24, 2.45) is 0 Å². The first-order valence-corrected chi connectivity index (χ1v) is 9.47. The minimum absolute atomic E-state index is 0.0900. The van der Waals surface area contributed by atoms with Crippen molar-refractivity contribution in [2.75, 3.05) is 51.2 Å². The molecule has 0 radical (unpaired) electrons. The molecular formula is C21H25F2N3O2. The van der Waals surface area contributed by atoms with Crippen LogP contribution in [0.15, 0.2) is 48.5 Å². The number of amides is 1. The summed E-state index contributed by atoms with van der Waals surface area (Å²) in [5, 5.41) is 2.79. The monoisotopic (exact) mass is 389 g/mol. The van der Waals surface area contributed by atoms with E-state index >= 15 is 0 Å². The number of nitrogens with zero attached hydrogens (tertiary/aromatic N) is 2. The number of nitrogens with one attached hydrogen (secondary N) is 1. The van der Waals surface area contributed by atoms with Gasteiger partial charge in [0.1, 0.15) is 17.4 Å². The van der Waals surface area contributed by atoms with E-state index in [1.54, 1.807) is 24.3 Å². The molecular weight excluding hydrogens is 364 g/mol. The van der Waals surface area contributed by atoms with Gasteiger partial charge in [-0.15, -0.1) is 0 Å². The van der Waals surface area contributed by atoms with E-state index in [9.17, 15) is 13.6 Å². The predicted molar refractivity (Wildman–Crippen MR) is 104 cm³/mol. The number of carbonyl (C=O) groups is 1. The van der Waals surface area contributed by atoms with Gasteiger partial charge in [-0.3, -0.25) is 9.69 Å². The number of hydrogen-bond donors (Lipinski definition) is 1. The van der Waals surface area contributed by atoms with Crippen molar-refractivity contribution in [1.29, 1.82) is 0 Å². The van der Waals surface area contributed by atoms with Gasteiger partial charge in [0.25, 0.3) is 0 Å². The normalized spacial score (nSPS) is 15.4. The zero-order valence-electron chi connectivity index (χ0n) is 15.7. The van der Waals surface area contributed by atoms with Gasteiger partial charge in [0.05, 0.1) is 13.2 Å². The van der Waals surface area contributed by atoms with Crippen LogP contribution in [-0.4, -0.2) is 61.6 Å². The van der Waals surface area contributed by atoms with Crippen LogP contribution < -0.4 is 10.1 Å². The van der Waals surface area contributed by atoms with Crippen molar-refractivity contribution in [3.8, 4) is 5.75 Å². The molecule has 150 valence electrons. The molecule has 7 heteroatoms. The molecule has 0 aliphatic carbocycles. The summed E-state index contributed by atoms with van der Waals surface area (Å²) in [6.45, 7) is 5.31. The summed E-state index contributed by atoms with van der Waals surface area (Å²) in [7, 11) is 0. The second kappa shape index (κ2) is 10.1. The van der Waals surface area contributed by atoms with Crippen molar-refractivity contribution in [1.82, 2.24) is 9.80 Å². The molecule has 1 aliphatic rings. The summed E-state index contributed by atoms with van der Waals surface area (Å²) in [5.74, 6) is -0.0000953. The zero-order valence-corrected chi connectivity index (χ0v) is 15.7. The number of carbonyl (C=O) groups excluding carboxylic acids is 1. The van der Waals surface area contributed by atoms with Crippen LogP contribution >= 0.6 is 0 Å². The standard InChI is InChI=1S/C21H25F2N3O2/c22-17-2-6-19(7-3-17)24-21(27)16-26-13-11-25(12-14-26)10-1-15-28-20-8-4-18(23)5-9-20/h2-9H,1,10-16H2,(H,24,27). The largest absolute Gasteiger partial charge is 0.494 e. The molecule has 1 heterocycles. The van der Waals surface area contributed by atoms with E-state index in [-0.39, 0.29) is 17.5 Å². The van der Waals surface area contributed by atoms with E-state index in [2.05, 4.69) is 15.1 Å². The Morgan fingerprint density at radius 1 is 0.893 bits per heavy atom. The summed E-state index contributed by atoms with van der Waals surface area (Å²) < 4.78 is 31.4. The Labute approximate surface area is 163 Å². The van der Waals surface area contributed by atoms with E-state index in [0.29, 0.717) is 24.6 Å². The Hall–Kier alpha value is -2.51. The molecule has 0 aromatic heterocycles. The first-order valence-electron chi connectivity index (χ1n) is 9.47. The average molecular weight is 389 g/mol. The molecule has 28 heavy (non-hydrogen) atoms. The Morgan fingerprint density at radius 3 is 2.11 bits per heavy atom. The van der Waals surface area contributed by atoms with Gasteiger partial charge in [-0.1, -0.05) is 0 Å². The van der Waals surface area contributed by atoms with Gasteiger partial charge >= 0.3 is 0 Å². The molecule has 0 saturated carbocycles. The Bertz CT molecular complexity index is 745. The third kappa shape index (κ3) is 6.58. The fraction of sp³-hybridized carbons (Fsp3) is 0.381. The van der Waals surface area contributed by atoms with Crippen molar-refractivity contribution in [3.05, 3.63) is 60.2 Å². The second-order valence-corrected chi connectivity index (χ2v) is 6.83. The van der Waals surface area contributed by atoms with Crippen molar-refractivity contribution in [3.63, 3.8) is 0 Å². The molecule has 2 aromatic rings. The lowest BCUT2D eigenvalue weighted by molar-refractivity contribution is -0.117. The third-order valence-corrected chi connectivity index (χ3v) is 4.66. The number of halogens is 2. The van der Waals surface area contributed by atoms with Crippen LogP contribution in [0.2, 0.25) is 0 Å². The molecule has 1 fully saturated rings. The average Bonchev–Trinajstić information content (AvgIpc) is 2.70. The maximum atomic E-state index is 12.9. The van der Waals surface area contributed by atoms with Gasteiger partial charge in [0, 0.05) is 38.4 Å². The highest BCUT2D eigenvalue weighted by Gasteiger charge is 2.18. The van der Waals surface area contributed by atoms with Crippen molar-refractivity contribution in [2.45, 2.75) is 6.42 Å². The van der Waals surface area contributed by atoms with Crippen LogP contribution in [0.1, 0.15) is 6.42 Å². The van der Waals surface area contributed by atoms with Crippen LogP contribution in [0.5, 0.6) is 5.75 Å². The van der Waals surface area contributed by atoms with Crippen LogP contribution in [0.4, 0.5) is 14.5 Å². The maximum Gasteiger partial charge on any atom is 0.238 e. The lowest BCUT2D eigenvalue weighted by Crippen LogP contribution is -2.48. The predicted octanol–water partition coefficient (Wildman–Crippen LogP) is 2.99. The van der Waals surface area contributed by atoms with E-state index in [1.807, 2.05) is 0 Å². The molecule has 0 spiro atoms. The Morgan fingerprint density at radius 2 is 1.46 bits per heavy atom. The fourth-order valence-electron chi connectivity index (χ4n) is 3.12. The van der Waals surface area contributed by atoms with Crippen LogP contribution in [-0.2, 0) is 4.79 Å². The smallest absolute Gasteiger partial charge is 0.238 e. The molecule has 1 aliphatic heterocycles. The first-order chi connectivity index (χ1) is 13.6. The lowest BCUT2D eigenvalue weighted by atomic mass is 10.2. The topological polar surface area (TPSA) is 44.8 Å². The Kier molecular flexibility index (Phi) is 7.33. The fourth-order valence-corrected chi connectivity index (χ4v) is 3.12. The first kappa shape index (κ1) is 20.2. The molecule has 0 unspecified atom stereocenters. The van der Waals surface area contributed by atoms with Crippen LogP contribution in [0, 0.1) is 11.6 Å². The molecule has 1 saturated heterocycles. The van der Waals surface area contributed by atoms with Crippen LogP contribution in [0.3, 0.4) is 0 Å². The number of benzene rings is 2. The van der Waals surface area contributed by atoms with Crippen LogP contribution in [0.25, 0.3) is 0 Å². The third-order valence-electron chi connectivity index (χ3n) is 4.66. The minimum atomic E-state index is -0.322. The van der Waals surface area contributed by atoms with Gasteiger partial charge in [0.15, 0.2) is 0 Å². The summed E-state index contributed by atoms with van der Waals surface area (Å²) in [6.07, 6.45) is 0.891. The summed E-state index contributed by atoms with van der Waals surface area (Å²) in [5.41, 5.74) is 0.603. The van der Waals surface area contributed by atoms with Gasteiger partial charge < -0.3 is 15.0 Å². The zero-order chi connectivity index (χ0) is 19.8. The van der Waals surface area contributed by atoms with E-state index < -0.39 is 0 Å². The second-order valence-electron chi connectivity index (χ2n) is 6.83. The molecule has 1 amide bonds. The lowest BCUT2D eigenvalue weighted by Gasteiger charge is -2.34. The van der Waals surface area contributed by atoms with E-state index in [0.717, 1.165) is 39.1 Å². The van der Waals surface area contributed by atoms with Crippen molar-refractivity contribution < 1.29 is 18.3 Å². The number of hydrogen-bond acceptors (Lipinski definition) is 4. The molecule has 5 nitrogen and oxygen atoms in total. The number of ether oxygens (including phenoxy) is 1. The highest BCUT2D eigenvalue weighted by atomic mass is 19.1. The summed E-state index contributed by atoms with van der Waals surface area (Å²) in [4.78, 5) is 16.6. The van der Waals surface area contributed by atoms with Gasteiger partial charge in [-0.05, 0) is 55.0 Å². The molecule has 0 atom stereocenters. The number of rotatable bonds is 8. The van der Waals surface area contributed by atoms with Gasteiger partial charge in [0.2, 0.25) is 5.91 Å². The van der Waals surface area contributed by atoms with Gasteiger partial charge in [-0.2, -0.15) is 0 Å². The van der Waals surface area contributed by atoms with E-state index in [1.165, 1.54) is 24.3 Å². The number of piperazine rings is 1. The van der Waals surface area contributed by atoms with E-state index in [4.69, 9.17) is 4.74 Å². The SMILES string of the molecule is O=C(CN1CCN(CCCOc2ccc(F)cc2)CC1)Nc1ccc(F)cc1. The molecule has 0 bridgehead atoms. The quantitative estimate of drug-likeness (QED) is 0.705. The Balaban J connectivity index is 1.29. The van der Waals surface area contributed by atoms with Gasteiger partial charge in [-0.25, -0.2) is 8.78 Å². The molecule has 1 N–H and O–H groups in total. The van der Waals surface area contributed by atoms with Crippen molar-refractivity contribution >= 4 is 11.6 Å². The maximum absolute atomic E-state index is 12.9. The minimum Gasteiger partial charge on any atom is -0.494 e. The molecule has 2 aromatic carbocycles. The summed E-state index contributed by atoms with van der Waals surface area (Å²) in [6, 6.07) is 11.8. The highest BCUT2D eigenvalue weighted by Crippen LogP contribution is 2.12.